The van der Waals surface area contributed by atoms with Gasteiger partial charge in [0.2, 0.25) is 0 Å². The van der Waals surface area contributed by atoms with Gasteiger partial charge in [-0.2, -0.15) is 0 Å². The molecular weight excluding hydrogens is 441 g/mol. The second kappa shape index (κ2) is 12.3. The molecule has 2 N–H and O–H groups in total. The molecular formula is C20H26IN3O2. The number of guanidine groups is 1. The Kier molecular flexibility index (Phi) is 10.4. The maximum absolute atomic E-state index is 11.7. The molecule has 0 amide bonds. The summed E-state index contributed by atoms with van der Waals surface area (Å²) < 4.78 is 4.99. The number of carbonyl (C=O) groups excluding carboxylic acids is 1. The third-order valence-electron chi connectivity index (χ3n) is 3.53. The summed E-state index contributed by atoms with van der Waals surface area (Å²) in [5, 5.41) is 6.54. The molecule has 0 heterocycles. The summed E-state index contributed by atoms with van der Waals surface area (Å²) in [7, 11) is 0. The van der Waals surface area contributed by atoms with Crippen molar-refractivity contribution in [3.63, 3.8) is 0 Å². The third kappa shape index (κ3) is 7.43. The van der Waals surface area contributed by atoms with Crippen molar-refractivity contribution in [3.05, 3.63) is 71.3 Å². The number of hydrogen-bond acceptors (Lipinski definition) is 3. The van der Waals surface area contributed by atoms with Crippen molar-refractivity contribution in [1.82, 2.24) is 10.6 Å². The van der Waals surface area contributed by atoms with Crippen LogP contribution in [0.3, 0.4) is 0 Å². The van der Waals surface area contributed by atoms with E-state index in [-0.39, 0.29) is 29.9 Å². The highest BCUT2D eigenvalue weighted by Crippen LogP contribution is 2.06. The maximum Gasteiger partial charge on any atom is 0.338 e. The van der Waals surface area contributed by atoms with E-state index in [4.69, 9.17) is 4.74 Å². The number of aliphatic imine (C=N–C) groups is 1. The van der Waals surface area contributed by atoms with Gasteiger partial charge in [-0.25, -0.2) is 9.79 Å². The highest BCUT2D eigenvalue weighted by atomic mass is 127. The van der Waals surface area contributed by atoms with Gasteiger partial charge < -0.3 is 15.4 Å². The molecule has 0 radical (unpaired) electrons. The van der Waals surface area contributed by atoms with E-state index in [9.17, 15) is 4.79 Å². The number of ether oxygens (including phenoxy) is 1. The van der Waals surface area contributed by atoms with Crippen molar-refractivity contribution in [3.8, 4) is 0 Å². The molecule has 0 aliphatic rings. The fraction of sp³-hybridized carbons (Fsp3) is 0.300. The molecule has 140 valence electrons. The van der Waals surface area contributed by atoms with Crippen molar-refractivity contribution in [1.29, 1.82) is 0 Å². The average Bonchev–Trinajstić information content (AvgIpc) is 2.65. The van der Waals surface area contributed by atoms with Gasteiger partial charge in [-0.05, 0) is 37.1 Å². The summed E-state index contributed by atoms with van der Waals surface area (Å²) in [4.78, 5) is 16.2. The molecule has 0 aliphatic heterocycles. The molecule has 0 aromatic heterocycles. The topological polar surface area (TPSA) is 62.7 Å². The molecule has 2 rings (SSSR count). The predicted molar refractivity (Wildman–Crippen MR) is 116 cm³/mol. The highest BCUT2D eigenvalue weighted by molar-refractivity contribution is 14.0. The molecule has 0 unspecified atom stereocenters. The number of rotatable bonds is 7. The first-order valence-corrected chi connectivity index (χ1v) is 8.55. The van der Waals surface area contributed by atoms with Crippen LogP contribution in [0, 0.1) is 0 Å². The van der Waals surface area contributed by atoms with Crippen LogP contribution in [0.5, 0.6) is 0 Å². The standard InChI is InChI=1S/C20H25N3O2.HI/c1-3-21-20(22-14-16-8-6-5-7-9-16)23-15-17-10-12-18(13-11-17)19(24)25-4-2;/h5-13H,3-4,14-15H2,1-2H3,(H2,21,22,23);1H. The number of carbonyl (C=O) groups is 1. The fourth-order valence-electron chi connectivity index (χ4n) is 2.25. The minimum atomic E-state index is -0.292. The van der Waals surface area contributed by atoms with Crippen molar-refractivity contribution >= 4 is 35.9 Å². The average molecular weight is 467 g/mol. The molecule has 0 saturated carbocycles. The zero-order chi connectivity index (χ0) is 17.9. The summed E-state index contributed by atoms with van der Waals surface area (Å²) in [6.07, 6.45) is 0. The lowest BCUT2D eigenvalue weighted by Crippen LogP contribution is -2.36. The van der Waals surface area contributed by atoms with E-state index in [1.54, 1.807) is 19.1 Å². The van der Waals surface area contributed by atoms with Crippen LogP contribution in [0.2, 0.25) is 0 Å². The number of halogens is 1. The van der Waals surface area contributed by atoms with Gasteiger partial charge in [-0.15, -0.1) is 24.0 Å². The molecule has 0 spiro atoms. The predicted octanol–water partition coefficient (Wildman–Crippen LogP) is 3.74. The third-order valence-corrected chi connectivity index (χ3v) is 3.53. The summed E-state index contributed by atoms with van der Waals surface area (Å²) in [6, 6.07) is 17.5. The Bertz CT molecular complexity index is 688. The Hall–Kier alpha value is -2.09. The van der Waals surface area contributed by atoms with E-state index in [2.05, 4.69) is 27.8 Å². The number of nitrogens with zero attached hydrogens (tertiary/aromatic N) is 1. The van der Waals surface area contributed by atoms with Gasteiger partial charge in [-0.1, -0.05) is 42.5 Å². The second-order valence-corrected chi connectivity index (χ2v) is 5.45. The Labute approximate surface area is 172 Å². The normalized spacial score (nSPS) is 10.6. The van der Waals surface area contributed by atoms with Crippen molar-refractivity contribution in [2.45, 2.75) is 26.9 Å². The van der Waals surface area contributed by atoms with Gasteiger partial charge in [0, 0.05) is 13.1 Å². The van der Waals surface area contributed by atoms with Crippen molar-refractivity contribution in [2.24, 2.45) is 4.99 Å². The lowest BCUT2D eigenvalue weighted by Gasteiger charge is -2.11. The van der Waals surface area contributed by atoms with E-state index < -0.39 is 0 Å². The molecule has 0 aliphatic carbocycles. The first-order chi connectivity index (χ1) is 12.2. The largest absolute Gasteiger partial charge is 0.462 e. The van der Waals surface area contributed by atoms with Crippen molar-refractivity contribution in [2.75, 3.05) is 13.2 Å². The number of nitrogens with one attached hydrogen (secondary N) is 2. The van der Waals surface area contributed by atoms with E-state index in [0.29, 0.717) is 25.3 Å². The molecule has 6 heteroatoms. The van der Waals surface area contributed by atoms with E-state index in [1.165, 1.54) is 5.56 Å². The van der Waals surface area contributed by atoms with Gasteiger partial charge in [0.05, 0.1) is 18.7 Å². The minimum Gasteiger partial charge on any atom is -0.462 e. The van der Waals surface area contributed by atoms with Crippen LogP contribution < -0.4 is 10.6 Å². The molecule has 2 aromatic rings. The number of hydrogen-bond donors (Lipinski definition) is 2. The molecule has 0 atom stereocenters. The fourth-order valence-corrected chi connectivity index (χ4v) is 2.25. The van der Waals surface area contributed by atoms with Crippen LogP contribution in [0.1, 0.15) is 35.3 Å². The molecule has 0 bridgehead atoms. The van der Waals surface area contributed by atoms with Crippen LogP contribution in [-0.4, -0.2) is 25.1 Å². The zero-order valence-electron chi connectivity index (χ0n) is 15.2. The lowest BCUT2D eigenvalue weighted by molar-refractivity contribution is 0.0526. The Morgan fingerprint density at radius 3 is 2.27 bits per heavy atom. The van der Waals surface area contributed by atoms with Gasteiger partial charge >= 0.3 is 5.97 Å². The van der Waals surface area contributed by atoms with Gasteiger partial charge in [0.1, 0.15) is 0 Å². The Morgan fingerprint density at radius 1 is 0.962 bits per heavy atom. The number of benzene rings is 2. The quantitative estimate of drug-likeness (QED) is 0.282. The van der Waals surface area contributed by atoms with E-state index >= 15 is 0 Å². The first-order valence-electron chi connectivity index (χ1n) is 8.55. The second-order valence-electron chi connectivity index (χ2n) is 5.45. The van der Waals surface area contributed by atoms with Gasteiger partial charge in [0.15, 0.2) is 5.96 Å². The molecule has 0 saturated heterocycles. The van der Waals surface area contributed by atoms with Gasteiger partial charge in [0.25, 0.3) is 0 Å². The summed E-state index contributed by atoms with van der Waals surface area (Å²) in [5.74, 6) is 0.473. The molecule has 0 fully saturated rings. The van der Waals surface area contributed by atoms with Crippen LogP contribution >= 0.6 is 24.0 Å². The van der Waals surface area contributed by atoms with Crippen LogP contribution in [0.15, 0.2) is 59.6 Å². The summed E-state index contributed by atoms with van der Waals surface area (Å²) in [6.45, 7) is 6.26. The van der Waals surface area contributed by atoms with Crippen LogP contribution in [0.4, 0.5) is 0 Å². The Morgan fingerprint density at radius 2 is 1.65 bits per heavy atom. The zero-order valence-corrected chi connectivity index (χ0v) is 17.5. The first kappa shape index (κ1) is 22.0. The smallest absolute Gasteiger partial charge is 0.338 e. The molecule has 5 nitrogen and oxygen atoms in total. The van der Waals surface area contributed by atoms with Crippen LogP contribution in [-0.2, 0) is 17.8 Å². The van der Waals surface area contributed by atoms with Gasteiger partial charge in [-0.3, -0.25) is 0 Å². The number of esters is 1. The highest BCUT2D eigenvalue weighted by Gasteiger charge is 2.05. The monoisotopic (exact) mass is 467 g/mol. The molecule has 2 aromatic carbocycles. The SMILES string of the molecule is CCNC(=NCc1ccccc1)NCc1ccc(C(=O)OCC)cc1.I. The minimum absolute atomic E-state index is 0. The molecule has 26 heavy (non-hydrogen) atoms. The van der Waals surface area contributed by atoms with E-state index in [1.807, 2.05) is 37.3 Å². The summed E-state index contributed by atoms with van der Waals surface area (Å²) in [5.41, 5.74) is 2.80. The summed E-state index contributed by atoms with van der Waals surface area (Å²) >= 11 is 0. The van der Waals surface area contributed by atoms with Crippen LogP contribution in [0.25, 0.3) is 0 Å². The lowest BCUT2D eigenvalue weighted by atomic mass is 10.1. The maximum atomic E-state index is 11.7. The van der Waals surface area contributed by atoms with Crippen molar-refractivity contribution < 1.29 is 9.53 Å². The van der Waals surface area contributed by atoms with E-state index in [0.717, 1.165) is 18.1 Å². The Balaban J connectivity index is 0.00000338.